The fraction of sp³-hybridized carbons (Fsp3) is 0.412. The summed E-state index contributed by atoms with van der Waals surface area (Å²) in [6.07, 6.45) is 0. The molecule has 3 rings (SSSR count). The van der Waals surface area contributed by atoms with Gasteiger partial charge in [0.05, 0.1) is 13.2 Å². The van der Waals surface area contributed by atoms with Gasteiger partial charge in [-0.15, -0.1) is 11.3 Å². The van der Waals surface area contributed by atoms with Crippen LogP contribution >= 0.6 is 22.9 Å². The van der Waals surface area contributed by atoms with E-state index in [2.05, 4.69) is 39.9 Å². The van der Waals surface area contributed by atoms with Crippen LogP contribution in [-0.2, 0) is 11.3 Å². The highest BCUT2D eigenvalue weighted by Gasteiger charge is 2.22. The summed E-state index contributed by atoms with van der Waals surface area (Å²) in [4.78, 5) is 3.87. The molecule has 1 unspecified atom stereocenters. The second kappa shape index (κ2) is 8.09. The van der Waals surface area contributed by atoms with Crippen molar-refractivity contribution in [2.75, 3.05) is 32.8 Å². The first-order chi connectivity index (χ1) is 10.8. The minimum Gasteiger partial charge on any atom is -0.379 e. The molecule has 1 fully saturated rings. The minimum atomic E-state index is 0.362. The largest absolute Gasteiger partial charge is 0.379 e. The van der Waals surface area contributed by atoms with E-state index in [9.17, 15) is 0 Å². The molecule has 5 heteroatoms. The highest BCUT2D eigenvalue weighted by Crippen LogP contribution is 2.23. The third kappa shape index (κ3) is 4.31. The van der Waals surface area contributed by atoms with E-state index in [0.717, 1.165) is 44.4 Å². The molecule has 22 heavy (non-hydrogen) atoms. The molecular weight excluding hydrogens is 316 g/mol. The van der Waals surface area contributed by atoms with Crippen molar-refractivity contribution in [2.24, 2.45) is 0 Å². The van der Waals surface area contributed by atoms with Crippen LogP contribution in [0.1, 0.15) is 16.5 Å². The van der Waals surface area contributed by atoms with Crippen LogP contribution < -0.4 is 5.32 Å². The van der Waals surface area contributed by atoms with Crippen molar-refractivity contribution in [3.05, 3.63) is 57.2 Å². The van der Waals surface area contributed by atoms with Gasteiger partial charge in [0.2, 0.25) is 0 Å². The predicted molar refractivity (Wildman–Crippen MR) is 92.6 cm³/mol. The molecule has 2 heterocycles. The number of hydrogen-bond donors (Lipinski definition) is 1. The van der Waals surface area contributed by atoms with Crippen LogP contribution in [0.15, 0.2) is 41.8 Å². The third-order valence-electron chi connectivity index (χ3n) is 3.96. The Morgan fingerprint density at radius 1 is 1.18 bits per heavy atom. The molecule has 1 atom stereocenters. The molecule has 1 aliphatic heterocycles. The Bertz CT molecular complexity index is 553. The summed E-state index contributed by atoms with van der Waals surface area (Å²) in [5.41, 5.74) is 1.31. The average molecular weight is 337 g/mol. The monoisotopic (exact) mass is 336 g/mol. The lowest BCUT2D eigenvalue weighted by atomic mass is 10.0. The second-order valence-electron chi connectivity index (χ2n) is 5.43. The number of thiophene rings is 1. The summed E-state index contributed by atoms with van der Waals surface area (Å²) in [5.74, 6) is 0. The second-order valence-corrected chi connectivity index (χ2v) is 6.89. The quantitative estimate of drug-likeness (QED) is 0.872. The van der Waals surface area contributed by atoms with E-state index in [1.165, 1.54) is 10.4 Å². The first-order valence-electron chi connectivity index (χ1n) is 7.63. The van der Waals surface area contributed by atoms with Crippen molar-refractivity contribution in [3.63, 3.8) is 0 Å². The van der Waals surface area contributed by atoms with E-state index in [1.54, 1.807) is 11.3 Å². The summed E-state index contributed by atoms with van der Waals surface area (Å²) in [6, 6.07) is 12.9. The summed E-state index contributed by atoms with van der Waals surface area (Å²) in [5, 5.41) is 6.50. The minimum absolute atomic E-state index is 0.362. The normalized spacial score (nSPS) is 17.5. The number of ether oxygens (including phenoxy) is 1. The number of halogens is 1. The van der Waals surface area contributed by atoms with Gasteiger partial charge in [-0.05, 0) is 29.1 Å². The first kappa shape index (κ1) is 16.0. The van der Waals surface area contributed by atoms with Gasteiger partial charge < -0.3 is 10.1 Å². The van der Waals surface area contributed by atoms with Gasteiger partial charge in [0.1, 0.15) is 0 Å². The molecule has 1 aromatic heterocycles. The lowest BCUT2D eigenvalue weighted by Crippen LogP contribution is -2.42. The van der Waals surface area contributed by atoms with Gasteiger partial charge in [0, 0.05) is 42.1 Å². The van der Waals surface area contributed by atoms with Crippen LogP contribution in [-0.4, -0.2) is 37.7 Å². The van der Waals surface area contributed by atoms with E-state index in [0.29, 0.717) is 6.04 Å². The molecule has 118 valence electrons. The highest BCUT2D eigenvalue weighted by molar-refractivity contribution is 7.09. The summed E-state index contributed by atoms with van der Waals surface area (Å²) >= 11 is 7.82. The van der Waals surface area contributed by atoms with Crippen molar-refractivity contribution in [1.29, 1.82) is 0 Å². The van der Waals surface area contributed by atoms with E-state index in [-0.39, 0.29) is 0 Å². The maximum Gasteiger partial charge on any atom is 0.0594 e. The Balaban J connectivity index is 1.66. The molecule has 1 aliphatic rings. The number of hydrogen-bond acceptors (Lipinski definition) is 4. The Labute approximate surface area is 140 Å². The number of nitrogens with one attached hydrogen (secondary N) is 1. The van der Waals surface area contributed by atoms with Gasteiger partial charge in [0.15, 0.2) is 0 Å². The molecule has 3 nitrogen and oxygen atoms in total. The molecule has 0 bridgehead atoms. The highest BCUT2D eigenvalue weighted by atomic mass is 35.5. The zero-order chi connectivity index (χ0) is 15.2. The zero-order valence-electron chi connectivity index (χ0n) is 12.5. The Hall–Kier alpha value is -0.910. The van der Waals surface area contributed by atoms with Gasteiger partial charge in [-0.1, -0.05) is 29.8 Å². The number of rotatable bonds is 6. The van der Waals surface area contributed by atoms with Crippen molar-refractivity contribution in [3.8, 4) is 0 Å². The molecule has 0 amide bonds. The Morgan fingerprint density at radius 2 is 1.95 bits per heavy atom. The summed E-state index contributed by atoms with van der Waals surface area (Å²) in [7, 11) is 0. The molecule has 2 aromatic rings. The van der Waals surface area contributed by atoms with Gasteiger partial charge in [0.25, 0.3) is 0 Å². The van der Waals surface area contributed by atoms with Crippen molar-refractivity contribution in [2.45, 2.75) is 12.6 Å². The van der Waals surface area contributed by atoms with Crippen LogP contribution in [0.2, 0.25) is 5.02 Å². The van der Waals surface area contributed by atoms with Crippen LogP contribution in [0.5, 0.6) is 0 Å². The molecule has 0 spiro atoms. The molecule has 0 radical (unpaired) electrons. The maximum absolute atomic E-state index is 6.03. The van der Waals surface area contributed by atoms with Crippen LogP contribution in [0.25, 0.3) is 0 Å². The van der Waals surface area contributed by atoms with Crippen molar-refractivity contribution in [1.82, 2.24) is 10.2 Å². The number of benzene rings is 1. The van der Waals surface area contributed by atoms with Crippen LogP contribution in [0, 0.1) is 0 Å². The fourth-order valence-electron chi connectivity index (χ4n) is 2.78. The van der Waals surface area contributed by atoms with Crippen LogP contribution in [0.4, 0.5) is 0 Å². The molecule has 1 N–H and O–H groups in total. The zero-order valence-corrected chi connectivity index (χ0v) is 14.1. The fourth-order valence-corrected chi connectivity index (χ4v) is 3.58. The van der Waals surface area contributed by atoms with Gasteiger partial charge in [-0.3, -0.25) is 4.90 Å². The smallest absolute Gasteiger partial charge is 0.0594 e. The van der Waals surface area contributed by atoms with Gasteiger partial charge >= 0.3 is 0 Å². The SMILES string of the molecule is Clc1ccc(C(CNCc2cccs2)N2CCOCC2)cc1. The van der Waals surface area contributed by atoms with E-state index < -0.39 is 0 Å². The topological polar surface area (TPSA) is 24.5 Å². The third-order valence-corrected chi connectivity index (χ3v) is 5.09. The molecule has 0 aliphatic carbocycles. The summed E-state index contributed by atoms with van der Waals surface area (Å²) < 4.78 is 5.49. The van der Waals surface area contributed by atoms with Crippen molar-refractivity contribution >= 4 is 22.9 Å². The van der Waals surface area contributed by atoms with E-state index >= 15 is 0 Å². The van der Waals surface area contributed by atoms with Gasteiger partial charge in [-0.2, -0.15) is 0 Å². The molecule has 0 saturated carbocycles. The number of morpholine rings is 1. The Morgan fingerprint density at radius 3 is 2.64 bits per heavy atom. The maximum atomic E-state index is 6.03. The lowest BCUT2D eigenvalue weighted by molar-refractivity contribution is 0.0161. The van der Waals surface area contributed by atoms with E-state index in [4.69, 9.17) is 16.3 Å². The van der Waals surface area contributed by atoms with Gasteiger partial charge in [-0.25, -0.2) is 0 Å². The predicted octanol–water partition coefficient (Wildman–Crippen LogP) is 3.56. The number of nitrogens with zero attached hydrogens (tertiary/aromatic N) is 1. The van der Waals surface area contributed by atoms with E-state index in [1.807, 2.05) is 12.1 Å². The Kier molecular flexibility index (Phi) is 5.87. The standard InChI is InChI=1S/C17H21ClN2OS/c18-15-5-3-14(4-6-15)17(20-7-9-21-10-8-20)13-19-12-16-2-1-11-22-16/h1-6,11,17,19H,7-10,12-13H2. The summed E-state index contributed by atoms with van der Waals surface area (Å²) in [6.45, 7) is 5.44. The molecule has 1 saturated heterocycles. The lowest BCUT2D eigenvalue weighted by Gasteiger charge is -2.35. The van der Waals surface area contributed by atoms with Crippen LogP contribution in [0.3, 0.4) is 0 Å². The first-order valence-corrected chi connectivity index (χ1v) is 8.89. The molecular formula is C17H21ClN2OS. The van der Waals surface area contributed by atoms with Crippen molar-refractivity contribution < 1.29 is 4.74 Å². The average Bonchev–Trinajstić information content (AvgIpc) is 3.07. The molecule has 1 aromatic carbocycles.